The highest BCUT2D eigenvalue weighted by Crippen LogP contribution is 2.41. The zero-order chi connectivity index (χ0) is 24.3. The maximum atomic E-state index is 13.7. The van der Waals surface area contributed by atoms with Crippen LogP contribution in [0.4, 0.5) is 5.69 Å². The summed E-state index contributed by atoms with van der Waals surface area (Å²) in [5.74, 6) is 1.13. The third kappa shape index (κ3) is 4.73. The summed E-state index contributed by atoms with van der Waals surface area (Å²) in [6.45, 7) is 0.629. The van der Waals surface area contributed by atoms with Gasteiger partial charge < -0.3 is 14.8 Å². The van der Waals surface area contributed by atoms with Crippen LogP contribution < -0.4 is 14.8 Å². The first kappa shape index (κ1) is 23.0. The smallest absolute Gasteiger partial charge is 0.247 e. The number of hydrogen-bond acceptors (Lipinski definition) is 5. The lowest BCUT2D eigenvalue weighted by atomic mass is 10.1. The standard InChI is InChI=1S/C28H26N2O4S/c1-33-26-18-23(16-17-25(26)34-20-22-12-6-3-7-13-22)28-29-24-14-8-9-15-27(24)35(31,32)30(28)19-21-10-4-2-5-11-21/h2-18,28-29H,19-20H2,1H3/t28-/m0/s1. The molecule has 1 atom stereocenters. The van der Waals surface area contributed by atoms with Crippen LogP contribution in [0, 0.1) is 0 Å². The number of sulfonamides is 1. The summed E-state index contributed by atoms with van der Waals surface area (Å²) < 4.78 is 40.5. The molecule has 6 nitrogen and oxygen atoms in total. The fourth-order valence-electron chi connectivity index (χ4n) is 4.19. The summed E-state index contributed by atoms with van der Waals surface area (Å²) in [4.78, 5) is 0.266. The molecule has 7 heteroatoms. The number of methoxy groups -OCH3 is 1. The number of nitrogens with one attached hydrogen (secondary N) is 1. The third-order valence-corrected chi connectivity index (χ3v) is 7.84. The molecule has 0 bridgehead atoms. The topological polar surface area (TPSA) is 67.9 Å². The Morgan fingerprint density at radius 2 is 1.46 bits per heavy atom. The van der Waals surface area contributed by atoms with Gasteiger partial charge in [0.1, 0.15) is 17.7 Å². The highest BCUT2D eigenvalue weighted by atomic mass is 32.2. The second kappa shape index (κ2) is 9.82. The van der Waals surface area contributed by atoms with E-state index in [9.17, 15) is 8.42 Å². The van der Waals surface area contributed by atoms with Crippen molar-refractivity contribution in [1.29, 1.82) is 0 Å². The SMILES string of the molecule is COc1cc([C@H]2Nc3ccccc3S(=O)(=O)N2Cc2ccccc2)ccc1OCc1ccccc1. The Kier molecular flexibility index (Phi) is 6.44. The Balaban J connectivity index is 1.50. The second-order valence-corrected chi connectivity index (χ2v) is 10.1. The summed E-state index contributed by atoms with van der Waals surface area (Å²) in [5, 5.41) is 3.42. The molecule has 178 valence electrons. The summed E-state index contributed by atoms with van der Waals surface area (Å²) in [6, 6.07) is 32.0. The van der Waals surface area contributed by atoms with Crippen LogP contribution in [0.2, 0.25) is 0 Å². The van der Waals surface area contributed by atoms with E-state index < -0.39 is 16.2 Å². The molecule has 0 saturated carbocycles. The predicted molar refractivity (Wildman–Crippen MR) is 136 cm³/mol. The molecule has 0 amide bonds. The first-order valence-electron chi connectivity index (χ1n) is 11.3. The Morgan fingerprint density at radius 3 is 2.17 bits per heavy atom. The summed E-state index contributed by atoms with van der Waals surface area (Å²) in [6.07, 6.45) is -0.618. The predicted octanol–water partition coefficient (Wildman–Crippen LogP) is 5.59. The highest BCUT2D eigenvalue weighted by molar-refractivity contribution is 7.89. The minimum atomic E-state index is -3.76. The number of fused-ring (bicyclic) bond motifs is 1. The van der Waals surface area contributed by atoms with Gasteiger partial charge in [0.05, 0.1) is 12.8 Å². The van der Waals surface area contributed by atoms with E-state index in [-0.39, 0.29) is 11.4 Å². The molecule has 0 saturated heterocycles. The lowest BCUT2D eigenvalue weighted by Gasteiger charge is -2.37. The lowest BCUT2D eigenvalue weighted by Crippen LogP contribution is -2.42. The normalized spacial score (nSPS) is 16.7. The molecule has 5 rings (SSSR count). The Morgan fingerprint density at radius 1 is 0.800 bits per heavy atom. The molecule has 0 spiro atoms. The molecule has 0 aromatic heterocycles. The van der Waals surface area contributed by atoms with Crippen LogP contribution in [0.25, 0.3) is 0 Å². The van der Waals surface area contributed by atoms with Crippen LogP contribution in [0.3, 0.4) is 0 Å². The van der Waals surface area contributed by atoms with Gasteiger partial charge in [-0.2, -0.15) is 4.31 Å². The zero-order valence-corrected chi connectivity index (χ0v) is 20.1. The summed E-state index contributed by atoms with van der Waals surface area (Å²) in [5.41, 5.74) is 3.27. The van der Waals surface area contributed by atoms with Crippen LogP contribution in [-0.2, 0) is 23.2 Å². The first-order valence-corrected chi connectivity index (χ1v) is 12.8. The molecular weight excluding hydrogens is 460 g/mol. The van der Waals surface area contributed by atoms with Crippen molar-refractivity contribution < 1.29 is 17.9 Å². The Hall–Kier alpha value is -3.81. The van der Waals surface area contributed by atoms with E-state index in [4.69, 9.17) is 9.47 Å². The van der Waals surface area contributed by atoms with E-state index in [2.05, 4.69) is 5.32 Å². The van der Waals surface area contributed by atoms with E-state index in [1.165, 1.54) is 4.31 Å². The van der Waals surface area contributed by atoms with Gasteiger partial charge in [-0.3, -0.25) is 0 Å². The van der Waals surface area contributed by atoms with Crippen molar-refractivity contribution in [3.63, 3.8) is 0 Å². The van der Waals surface area contributed by atoms with Crippen LogP contribution in [0.5, 0.6) is 11.5 Å². The molecule has 0 aliphatic carbocycles. The van der Waals surface area contributed by atoms with Gasteiger partial charge >= 0.3 is 0 Å². The number of hydrogen-bond donors (Lipinski definition) is 1. The molecule has 1 aliphatic heterocycles. The fourth-order valence-corrected chi connectivity index (χ4v) is 5.87. The van der Waals surface area contributed by atoms with Crippen LogP contribution >= 0.6 is 0 Å². The molecule has 0 unspecified atom stereocenters. The monoisotopic (exact) mass is 486 g/mol. The molecule has 0 fully saturated rings. The molecule has 1 heterocycles. The van der Waals surface area contributed by atoms with Crippen molar-refractivity contribution in [2.45, 2.75) is 24.2 Å². The quantitative estimate of drug-likeness (QED) is 0.369. The van der Waals surface area contributed by atoms with Gasteiger partial charge in [-0.05, 0) is 41.0 Å². The molecule has 35 heavy (non-hydrogen) atoms. The van der Waals surface area contributed by atoms with E-state index in [1.54, 1.807) is 25.3 Å². The molecule has 0 radical (unpaired) electrons. The average Bonchev–Trinajstić information content (AvgIpc) is 2.90. The first-order chi connectivity index (χ1) is 17.1. The van der Waals surface area contributed by atoms with E-state index in [1.807, 2.05) is 84.9 Å². The maximum absolute atomic E-state index is 13.7. The van der Waals surface area contributed by atoms with Gasteiger partial charge in [-0.1, -0.05) is 78.9 Å². The van der Waals surface area contributed by atoms with Crippen molar-refractivity contribution in [2.75, 3.05) is 12.4 Å². The molecule has 4 aromatic carbocycles. The number of benzene rings is 4. The number of para-hydroxylation sites is 1. The molecule has 1 N–H and O–H groups in total. The van der Waals surface area contributed by atoms with E-state index >= 15 is 0 Å². The lowest BCUT2D eigenvalue weighted by molar-refractivity contribution is 0.283. The van der Waals surface area contributed by atoms with Crippen LogP contribution in [0.1, 0.15) is 22.9 Å². The molecule has 1 aliphatic rings. The van der Waals surface area contributed by atoms with Gasteiger partial charge in [-0.15, -0.1) is 0 Å². The average molecular weight is 487 g/mol. The summed E-state index contributed by atoms with van der Waals surface area (Å²) in [7, 11) is -2.18. The number of nitrogens with zero attached hydrogens (tertiary/aromatic N) is 1. The van der Waals surface area contributed by atoms with Crippen LogP contribution in [-0.4, -0.2) is 19.8 Å². The Bertz CT molecular complexity index is 1410. The summed E-state index contributed by atoms with van der Waals surface area (Å²) >= 11 is 0. The minimum absolute atomic E-state index is 0.226. The van der Waals surface area contributed by atoms with Gasteiger partial charge in [0.25, 0.3) is 0 Å². The zero-order valence-electron chi connectivity index (χ0n) is 19.3. The molecular formula is C28H26N2O4S. The van der Waals surface area contributed by atoms with Crippen molar-refractivity contribution in [3.8, 4) is 11.5 Å². The number of rotatable bonds is 7. The highest BCUT2D eigenvalue weighted by Gasteiger charge is 2.39. The van der Waals surface area contributed by atoms with Crippen molar-refractivity contribution in [1.82, 2.24) is 4.31 Å². The van der Waals surface area contributed by atoms with Crippen molar-refractivity contribution in [3.05, 3.63) is 120 Å². The maximum Gasteiger partial charge on any atom is 0.247 e. The minimum Gasteiger partial charge on any atom is -0.493 e. The van der Waals surface area contributed by atoms with E-state index in [0.29, 0.717) is 23.8 Å². The van der Waals surface area contributed by atoms with Gasteiger partial charge in [0.15, 0.2) is 11.5 Å². The Labute approximate surface area is 205 Å². The third-order valence-electron chi connectivity index (χ3n) is 5.98. The fraction of sp³-hybridized carbons (Fsp3) is 0.143. The van der Waals surface area contributed by atoms with Crippen LogP contribution in [0.15, 0.2) is 108 Å². The largest absolute Gasteiger partial charge is 0.493 e. The van der Waals surface area contributed by atoms with Crippen molar-refractivity contribution >= 4 is 15.7 Å². The van der Waals surface area contributed by atoms with Gasteiger partial charge in [0.2, 0.25) is 10.0 Å². The molecule has 4 aromatic rings. The number of ether oxygens (including phenoxy) is 2. The van der Waals surface area contributed by atoms with Gasteiger partial charge in [0, 0.05) is 6.54 Å². The van der Waals surface area contributed by atoms with E-state index in [0.717, 1.165) is 16.7 Å². The second-order valence-electron chi connectivity index (χ2n) is 8.26. The van der Waals surface area contributed by atoms with Gasteiger partial charge in [-0.25, -0.2) is 8.42 Å². The number of anilines is 1. The van der Waals surface area contributed by atoms with Crippen molar-refractivity contribution in [2.24, 2.45) is 0 Å².